The van der Waals surface area contributed by atoms with Crippen molar-refractivity contribution in [2.45, 2.75) is 38.9 Å². The van der Waals surface area contributed by atoms with Gasteiger partial charge in [-0.2, -0.15) is 0 Å². The SMILES string of the molecule is CC1(C)OB(c2ccc3cnc(Cl)nc3c2)OC1(C)C. The Morgan fingerprint density at radius 3 is 2.40 bits per heavy atom. The first-order valence-corrected chi connectivity index (χ1v) is 6.94. The first kappa shape index (κ1) is 13.8. The number of hydrogen-bond donors (Lipinski definition) is 0. The molecule has 0 bridgehead atoms. The number of halogens is 1. The van der Waals surface area contributed by atoms with Crippen molar-refractivity contribution in [3.8, 4) is 0 Å². The average molecular weight is 291 g/mol. The van der Waals surface area contributed by atoms with Crippen LogP contribution in [0.15, 0.2) is 24.4 Å². The Bertz CT molecular complexity index is 659. The van der Waals surface area contributed by atoms with Crippen molar-refractivity contribution >= 4 is 35.1 Å². The summed E-state index contributed by atoms with van der Waals surface area (Å²) in [6, 6.07) is 5.86. The summed E-state index contributed by atoms with van der Waals surface area (Å²) in [7, 11) is -0.391. The highest BCUT2D eigenvalue weighted by atomic mass is 35.5. The predicted octanol–water partition coefficient (Wildman–Crippen LogP) is 2.58. The van der Waals surface area contributed by atoms with E-state index >= 15 is 0 Å². The van der Waals surface area contributed by atoms with E-state index in [4.69, 9.17) is 20.9 Å². The van der Waals surface area contributed by atoms with Crippen LogP contribution >= 0.6 is 11.6 Å². The number of hydrogen-bond acceptors (Lipinski definition) is 4. The Balaban J connectivity index is 2.00. The van der Waals surface area contributed by atoms with Gasteiger partial charge in [0, 0.05) is 11.6 Å². The molecule has 2 aromatic rings. The lowest BCUT2D eigenvalue weighted by atomic mass is 9.79. The van der Waals surface area contributed by atoms with Crippen LogP contribution in [0, 0.1) is 0 Å². The standard InChI is InChI=1S/C14H16BClN2O2/c1-13(2)14(3,4)20-15(19-13)10-6-5-9-8-17-12(16)18-11(9)7-10/h5-8H,1-4H3. The highest BCUT2D eigenvalue weighted by Gasteiger charge is 2.51. The third kappa shape index (κ3) is 2.20. The normalized spacial score (nSPS) is 20.6. The van der Waals surface area contributed by atoms with E-state index in [2.05, 4.69) is 9.97 Å². The molecule has 1 aromatic carbocycles. The van der Waals surface area contributed by atoms with Gasteiger partial charge < -0.3 is 9.31 Å². The fourth-order valence-corrected chi connectivity index (χ4v) is 2.28. The van der Waals surface area contributed by atoms with Gasteiger partial charge in [0.1, 0.15) is 0 Å². The molecule has 0 spiro atoms. The molecular formula is C14H16BClN2O2. The molecule has 0 N–H and O–H groups in total. The molecule has 6 heteroatoms. The molecule has 104 valence electrons. The monoisotopic (exact) mass is 290 g/mol. The van der Waals surface area contributed by atoms with E-state index in [0.29, 0.717) is 0 Å². The lowest BCUT2D eigenvalue weighted by Gasteiger charge is -2.32. The first-order valence-electron chi connectivity index (χ1n) is 6.56. The Hall–Kier alpha value is -1.17. The summed E-state index contributed by atoms with van der Waals surface area (Å²) in [5, 5.41) is 1.18. The smallest absolute Gasteiger partial charge is 0.399 e. The highest BCUT2D eigenvalue weighted by molar-refractivity contribution is 6.62. The van der Waals surface area contributed by atoms with Crippen LogP contribution in [0.2, 0.25) is 5.28 Å². The molecule has 2 heterocycles. The molecule has 4 nitrogen and oxygen atoms in total. The van der Waals surface area contributed by atoms with Gasteiger partial charge in [-0.3, -0.25) is 0 Å². The van der Waals surface area contributed by atoms with E-state index in [-0.39, 0.29) is 16.5 Å². The lowest BCUT2D eigenvalue weighted by Crippen LogP contribution is -2.41. The van der Waals surface area contributed by atoms with Gasteiger partial charge in [0.2, 0.25) is 5.28 Å². The molecule has 0 amide bonds. The van der Waals surface area contributed by atoms with Crippen molar-refractivity contribution < 1.29 is 9.31 Å². The number of rotatable bonds is 1. The van der Waals surface area contributed by atoms with Gasteiger partial charge >= 0.3 is 7.12 Å². The predicted molar refractivity (Wildman–Crippen MR) is 80.3 cm³/mol. The Kier molecular flexibility index (Phi) is 3.05. The Morgan fingerprint density at radius 2 is 1.75 bits per heavy atom. The minimum absolute atomic E-state index is 0.239. The van der Waals surface area contributed by atoms with E-state index in [0.717, 1.165) is 16.4 Å². The van der Waals surface area contributed by atoms with Gasteiger partial charge in [0.25, 0.3) is 0 Å². The Morgan fingerprint density at radius 1 is 1.10 bits per heavy atom. The van der Waals surface area contributed by atoms with Gasteiger partial charge in [-0.25, -0.2) is 9.97 Å². The topological polar surface area (TPSA) is 44.2 Å². The van der Waals surface area contributed by atoms with Crippen LogP contribution < -0.4 is 5.46 Å². The van der Waals surface area contributed by atoms with Crippen LogP contribution in [0.1, 0.15) is 27.7 Å². The number of fused-ring (bicyclic) bond motifs is 1. The van der Waals surface area contributed by atoms with Crippen LogP contribution in [0.3, 0.4) is 0 Å². The van der Waals surface area contributed by atoms with Gasteiger partial charge in [0.05, 0.1) is 16.7 Å². The summed E-state index contributed by atoms with van der Waals surface area (Å²) in [6.45, 7) is 8.14. The van der Waals surface area contributed by atoms with Gasteiger partial charge in [-0.15, -0.1) is 0 Å². The minimum Gasteiger partial charge on any atom is -0.399 e. The molecule has 1 aromatic heterocycles. The first-order chi connectivity index (χ1) is 9.28. The fraction of sp³-hybridized carbons (Fsp3) is 0.429. The van der Waals surface area contributed by atoms with Crippen LogP contribution in [0.4, 0.5) is 0 Å². The summed E-state index contributed by atoms with van der Waals surface area (Å²) >= 11 is 5.84. The van der Waals surface area contributed by atoms with E-state index in [1.54, 1.807) is 6.20 Å². The molecule has 1 aliphatic heterocycles. The fourth-order valence-electron chi connectivity index (χ4n) is 2.14. The van der Waals surface area contributed by atoms with Gasteiger partial charge in [0.15, 0.2) is 0 Å². The van der Waals surface area contributed by atoms with E-state index in [1.807, 2.05) is 45.9 Å². The zero-order valence-corrected chi connectivity index (χ0v) is 12.7. The summed E-state index contributed by atoms with van der Waals surface area (Å²) in [6.07, 6.45) is 1.71. The molecular weight excluding hydrogens is 274 g/mol. The zero-order chi connectivity index (χ0) is 14.5. The second kappa shape index (κ2) is 4.42. The molecule has 3 rings (SSSR count). The van der Waals surface area contributed by atoms with Crippen LogP contribution in [-0.4, -0.2) is 28.3 Å². The Labute approximate surface area is 123 Å². The summed E-state index contributed by atoms with van der Waals surface area (Å²) in [4.78, 5) is 8.20. The maximum absolute atomic E-state index is 6.03. The molecule has 0 atom stereocenters. The van der Waals surface area contributed by atoms with Crippen molar-refractivity contribution in [1.29, 1.82) is 0 Å². The molecule has 1 fully saturated rings. The summed E-state index contributed by atoms with van der Waals surface area (Å²) < 4.78 is 12.1. The third-order valence-electron chi connectivity index (χ3n) is 4.10. The molecule has 1 saturated heterocycles. The second-order valence-corrected chi connectivity index (χ2v) is 6.38. The number of aromatic nitrogens is 2. The minimum atomic E-state index is -0.391. The molecule has 20 heavy (non-hydrogen) atoms. The largest absolute Gasteiger partial charge is 0.494 e. The van der Waals surface area contributed by atoms with Crippen molar-refractivity contribution in [3.63, 3.8) is 0 Å². The summed E-state index contributed by atoms with van der Waals surface area (Å²) in [5.41, 5.74) is 1.02. The van der Waals surface area contributed by atoms with E-state index < -0.39 is 7.12 Å². The lowest BCUT2D eigenvalue weighted by molar-refractivity contribution is 0.00578. The summed E-state index contributed by atoms with van der Waals surface area (Å²) in [5.74, 6) is 0. The zero-order valence-electron chi connectivity index (χ0n) is 12.0. The van der Waals surface area contributed by atoms with Crippen LogP contribution in [0.25, 0.3) is 10.9 Å². The van der Waals surface area contributed by atoms with E-state index in [9.17, 15) is 0 Å². The highest BCUT2D eigenvalue weighted by Crippen LogP contribution is 2.36. The maximum atomic E-state index is 6.03. The molecule has 0 unspecified atom stereocenters. The maximum Gasteiger partial charge on any atom is 0.494 e. The van der Waals surface area contributed by atoms with Gasteiger partial charge in [-0.1, -0.05) is 12.1 Å². The third-order valence-corrected chi connectivity index (χ3v) is 4.28. The number of benzene rings is 1. The number of nitrogens with zero attached hydrogens (tertiary/aromatic N) is 2. The van der Waals surface area contributed by atoms with Crippen molar-refractivity contribution in [1.82, 2.24) is 9.97 Å². The molecule has 0 radical (unpaired) electrons. The van der Waals surface area contributed by atoms with Gasteiger partial charge in [-0.05, 0) is 50.8 Å². The molecule has 0 aliphatic carbocycles. The van der Waals surface area contributed by atoms with E-state index in [1.165, 1.54) is 0 Å². The molecule has 0 saturated carbocycles. The van der Waals surface area contributed by atoms with Crippen molar-refractivity contribution in [2.75, 3.05) is 0 Å². The van der Waals surface area contributed by atoms with Crippen molar-refractivity contribution in [3.05, 3.63) is 29.7 Å². The van der Waals surface area contributed by atoms with Crippen LogP contribution in [0.5, 0.6) is 0 Å². The van der Waals surface area contributed by atoms with Crippen molar-refractivity contribution in [2.24, 2.45) is 0 Å². The van der Waals surface area contributed by atoms with Crippen LogP contribution in [-0.2, 0) is 9.31 Å². The molecule has 1 aliphatic rings. The second-order valence-electron chi connectivity index (χ2n) is 6.05. The average Bonchev–Trinajstić information content (AvgIpc) is 2.57. The quantitative estimate of drug-likeness (QED) is 0.598.